The third-order valence-electron chi connectivity index (χ3n) is 3.28. The SMILES string of the molecule is Cc1c(C(C)(C)N)n(C)c2c(C)cccc12. The van der Waals surface area contributed by atoms with Gasteiger partial charge in [-0.1, -0.05) is 18.2 Å². The molecule has 86 valence electrons. The van der Waals surface area contributed by atoms with E-state index < -0.39 is 0 Å². The Morgan fingerprint density at radius 3 is 2.31 bits per heavy atom. The Bertz CT molecular complexity index is 542. The number of nitrogens with zero attached hydrogens (tertiary/aromatic N) is 1. The number of nitrogens with two attached hydrogens (primary N) is 1. The molecule has 0 radical (unpaired) electrons. The number of hydrogen-bond acceptors (Lipinski definition) is 1. The topological polar surface area (TPSA) is 30.9 Å². The van der Waals surface area contributed by atoms with Gasteiger partial charge in [-0.3, -0.25) is 0 Å². The molecule has 0 aliphatic rings. The zero-order valence-corrected chi connectivity index (χ0v) is 10.8. The molecule has 2 rings (SSSR count). The Hall–Kier alpha value is -1.28. The van der Waals surface area contributed by atoms with Crippen LogP contribution in [0.5, 0.6) is 0 Å². The van der Waals surface area contributed by atoms with Crippen molar-refractivity contribution in [2.24, 2.45) is 12.8 Å². The number of hydrogen-bond donors (Lipinski definition) is 1. The van der Waals surface area contributed by atoms with Gasteiger partial charge in [0.1, 0.15) is 0 Å². The summed E-state index contributed by atoms with van der Waals surface area (Å²) in [6.07, 6.45) is 0. The first-order valence-corrected chi connectivity index (χ1v) is 5.68. The molecule has 0 saturated carbocycles. The zero-order chi connectivity index (χ0) is 12.1. The molecular weight excluding hydrogens is 196 g/mol. The van der Waals surface area contributed by atoms with Crippen molar-refractivity contribution >= 4 is 10.9 Å². The molecule has 2 nitrogen and oxygen atoms in total. The molecule has 2 N–H and O–H groups in total. The second-order valence-corrected chi connectivity index (χ2v) is 5.23. The van der Waals surface area contributed by atoms with E-state index >= 15 is 0 Å². The summed E-state index contributed by atoms with van der Waals surface area (Å²) in [5, 5.41) is 1.32. The Morgan fingerprint density at radius 2 is 1.81 bits per heavy atom. The summed E-state index contributed by atoms with van der Waals surface area (Å²) in [6.45, 7) is 8.42. The lowest BCUT2D eigenvalue weighted by Crippen LogP contribution is -2.31. The van der Waals surface area contributed by atoms with E-state index in [1.165, 1.54) is 27.7 Å². The molecule has 0 unspecified atom stereocenters. The van der Waals surface area contributed by atoms with Gasteiger partial charge in [-0.25, -0.2) is 0 Å². The molecule has 1 aromatic heterocycles. The number of fused-ring (bicyclic) bond motifs is 1. The maximum Gasteiger partial charge on any atom is 0.0512 e. The second kappa shape index (κ2) is 3.36. The van der Waals surface area contributed by atoms with Gasteiger partial charge in [0.15, 0.2) is 0 Å². The van der Waals surface area contributed by atoms with Gasteiger partial charge in [0.25, 0.3) is 0 Å². The van der Waals surface area contributed by atoms with Crippen LogP contribution < -0.4 is 5.73 Å². The fourth-order valence-corrected chi connectivity index (χ4v) is 2.81. The van der Waals surface area contributed by atoms with E-state index in [4.69, 9.17) is 5.73 Å². The molecule has 0 spiro atoms. The van der Waals surface area contributed by atoms with Crippen LogP contribution in [-0.4, -0.2) is 4.57 Å². The summed E-state index contributed by atoms with van der Waals surface area (Å²) in [4.78, 5) is 0. The highest BCUT2D eigenvalue weighted by atomic mass is 15.0. The minimum absolute atomic E-state index is 0.301. The minimum Gasteiger partial charge on any atom is -0.346 e. The van der Waals surface area contributed by atoms with Crippen LogP contribution in [0.25, 0.3) is 10.9 Å². The van der Waals surface area contributed by atoms with Crippen LogP contribution >= 0.6 is 0 Å². The van der Waals surface area contributed by atoms with Gasteiger partial charge in [0.2, 0.25) is 0 Å². The smallest absolute Gasteiger partial charge is 0.0512 e. The first-order valence-electron chi connectivity index (χ1n) is 5.68. The number of para-hydroxylation sites is 1. The molecule has 0 amide bonds. The van der Waals surface area contributed by atoms with Crippen LogP contribution in [0.1, 0.15) is 30.7 Å². The third-order valence-corrected chi connectivity index (χ3v) is 3.28. The van der Waals surface area contributed by atoms with Gasteiger partial charge >= 0.3 is 0 Å². The van der Waals surface area contributed by atoms with Crippen LogP contribution in [0.2, 0.25) is 0 Å². The highest BCUT2D eigenvalue weighted by molar-refractivity contribution is 5.88. The summed E-state index contributed by atoms with van der Waals surface area (Å²) in [7, 11) is 2.10. The lowest BCUT2D eigenvalue weighted by Gasteiger charge is -2.21. The molecule has 0 aliphatic carbocycles. The van der Waals surface area contributed by atoms with Gasteiger partial charge in [-0.05, 0) is 38.8 Å². The van der Waals surface area contributed by atoms with Crippen LogP contribution in [0.15, 0.2) is 18.2 Å². The standard InChI is InChI=1S/C14H20N2/c1-9-7-6-8-11-10(2)13(14(3,4)15)16(5)12(9)11/h6-8H,15H2,1-5H3. The fourth-order valence-electron chi connectivity index (χ4n) is 2.81. The summed E-state index contributed by atoms with van der Waals surface area (Å²) in [5.74, 6) is 0. The van der Waals surface area contributed by atoms with Crippen molar-refractivity contribution in [3.8, 4) is 0 Å². The van der Waals surface area contributed by atoms with Crippen LogP contribution in [0, 0.1) is 13.8 Å². The summed E-state index contributed by atoms with van der Waals surface area (Å²) in [6, 6.07) is 6.43. The molecule has 16 heavy (non-hydrogen) atoms. The van der Waals surface area contributed by atoms with Crippen molar-refractivity contribution in [2.45, 2.75) is 33.2 Å². The Kier molecular flexibility index (Phi) is 2.35. The molecule has 2 aromatic rings. The monoisotopic (exact) mass is 216 g/mol. The first-order chi connectivity index (χ1) is 7.34. The summed E-state index contributed by atoms with van der Waals surface area (Å²) in [5.41, 5.74) is 11.1. The van der Waals surface area contributed by atoms with E-state index in [1.54, 1.807) is 0 Å². The van der Waals surface area contributed by atoms with Gasteiger partial charge < -0.3 is 10.3 Å². The maximum atomic E-state index is 6.25. The molecule has 0 aliphatic heterocycles. The quantitative estimate of drug-likeness (QED) is 0.780. The molecular formula is C14H20N2. The van der Waals surface area contributed by atoms with E-state index in [9.17, 15) is 0 Å². The molecule has 0 bridgehead atoms. The lowest BCUT2D eigenvalue weighted by molar-refractivity contribution is 0.513. The average molecular weight is 216 g/mol. The van der Waals surface area contributed by atoms with Crippen molar-refractivity contribution in [2.75, 3.05) is 0 Å². The zero-order valence-electron chi connectivity index (χ0n) is 10.8. The van der Waals surface area contributed by atoms with Gasteiger partial charge in [0.05, 0.1) is 11.1 Å². The molecule has 0 saturated heterocycles. The largest absolute Gasteiger partial charge is 0.346 e. The van der Waals surface area contributed by atoms with E-state index in [-0.39, 0.29) is 5.54 Å². The summed E-state index contributed by atoms with van der Waals surface area (Å²) >= 11 is 0. The van der Waals surface area contributed by atoms with Crippen molar-refractivity contribution in [3.63, 3.8) is 0 Å². The van der Waals surface area contributed by atoms with Gasteiger partial charge in [-0.15, -0.1) is 0 Å². The number of aromatic nitrogens is 1. The van der Waals surface area contributed by atoms with E-state index in [2.05, 4.69) is 57.5 Å². The van der Waals surface area contributed by atoms with Crippen LogP contribution in [-0.2, 0) is 12.6 Å². The minimum atomic E-state index is -0.301. The summed E-state index contributed by atoms with van der Waals surface area (Å²) < 4.78 is 2.24. The average Bonchev–Trinajstić information content (AvgIpc) is 2.39. The van der Waals surface area contributed by atoms with E-state index in [0.29, 0.717) is 0 Å². The Labute approximate surface area is 97.1 Å². The third kappa shape index (κ3) is 1.45. The number of aryl methyl sites for hydroxylation is 3. The maximum absolute atomic E-state index is 6.25. The van der Waals surface area contributed by atoms with Crippen molar-refractivity contribution in [3.05, 3.63) is 35.0 Å². The van der Waals surface area contributed by atoms with E-state index in [0.717, 1.165) is 0 Å². The molecule has 0 atom stereocenters. The molecule has 1 heterocycles. The highest BCUT2D eigenvalue weighted by Gasteiger charge is 2.23. The molecule has 2 heteroatoms. The first kappa shape index (κ1) is 11.2. The highest BCUT2D eigenvalue weighted by Crippen LogP contribution is 2.32. The van der Waals surface area contributed by atoms with Gasteiger partial charge in [0, 0.05) is 18.1 Å². The van der Waals surface area contributed by atoms with Crippen molar-refractivity contribution in [1.82, 2.24) is 4.57 Å². The van der Waals surface area contributed by atoms with Crippen LogP contribution in [0.3, 0.4) is 0 Å². The van der Waals surface area contributed by atoms with Gasteiger partial charge in [-0.2, -0.15) is 0 Å². The number of rotatable bonds is 1. The molecule has 1 aromatic carbocycles. The Balaban J connectivity index is 2.94. The normalized spacial score (nSPS) is 12.4. The molecule has 0 fully saturated rings. The predicted molar refractivity (Wildman–Crippen MR) is 69.6 cm³/mol. The lowest BCUT2D eigenvalue weighted by atomic mass is 9.97. The fraction of sp³-hybridized carbons (Fsp3) is 0.429. The van der Waals surface area contributed by atoms with Crippen LogP contribution in [0.4, 0.5) is 0 Å². The van der Waals surface area contributed by atoms with Crippen molar-refractivity contribution in [1.29, 1.82) is 0 Å². The second-order valence-electron chi connectivity index (χ2n) is 5.23. The Morgan fingerprint density at radius 1 is 1.19 bits per heavy atom. The van der Waals surface area contributed by atoms with Crippen molar-refractivity contribution < 1.29 is 0 Å². The predicted octanol–water partition coefficient (Wildman–Crippen LogP) is 2.99. The van der Waals surface area contributed by atoms with E-state index in [1.807, 2.05) is 0 Å². The number of benzene rings is 1.